The minimum absolute atomic E-state index is 0.110. The number of benzene rings is 1. The zero-order valence-corrected chi connectivity index (χ0v) is 17.9. The van der Waals surface area contributed by atoms with E-state index in [0.717, 1.165) is 30.6 Å². The third-order valence-corrected chi connectivity index (χ3v) is 5.67. The van der Waals surface area contributed by atoms with Gasteiger partial charge < -0.3 is 14.8 Å². The van der Waals surface area contributed by atoms with Gasteiger partial charge in [-0.3, -0.25) is 14.2 Å². The normalized spacial score (nSPS) is 12.4. The number of fused-ring (bicyclic) bond motifs is 1. The van der Waals surface area contributed by atoms with Gasteiger partial charge in [-0.05, 0) is 61.1 Å². The monoisotopic (exact) mass is 419 g/mol. The van der Waals surface area contributed by atoms with E-state index in [9.17, 15) is 9.59 Å². The van der Waals surface area contributed by atoms with Crippen LogP contribution in [0.15, 0.2) is 47.5 Å². The van der Waals surface area contributed by atoms with Crippen LogP contribution in [0.5, 0.6) is 11.6 Å². The van der Waals surface area contributed by atoms with Crippen molar-refractivity contribution in [3.8, 4) is 17.3 Å². The predicted molar refractivity (Wildman–Crippen MR) is 117 cm³/mol. The molecular formula is C24H25N3O4. The summed E-state index contributed by atoms with van der Waals surface area (Å²) in [7, 11) is 3.16. The van der Waals surface area contributed by atoms with Crippen LogP contribution in [-0.2, 0) is 19.4 Å². The molecule has 1 amide bonds. The lowest BCUT2D eigenvalue weighted by atomic mass is 10.0. The van der Waals surface area contributed by atoms with Crippen LogP contribution in [0, 0.1) is 6.92 Å². The number of pyridine rings is 2. The first kappa shape index (κ1) is 20.7. The van der Waals surface area contributed by atoms with Gasteiger partial charge >= 0.3 is 0 Å². The quantitative estimate of drug-likeness (QED) is 0.664. The Morgan fingerprint density at radius 3 is 2.58 bits per heavy atom. The summed E-state index contributed by atoms with van der Waals surface area (Å²) in [6.07, 6.45) is 6.41. The van der Waals surface area contributed by atoms with E-state index in [1.807, 2.05) is 0 Å². The van der Waals surface area contributed by atoms with Crippen LogP contribution in [0.2, 0.25) is 0 Å². The molecule has 2 aromatic heterocycles. The van der Waals surface area contributed by atoms with E-state index in [1.165, 1.54) is 29.0 Å². The first-order chi connectivity index (χ1) is 15.0. The van der Waals surface area contributed by atoms with Crippen LogP contribution < -0.4 is 20.3 Å². The van der Waals surface area contributed by atoms with Crippen LogP contribution in [-0.4, -0.2) is 29.7 Å². The lowest BCUT2D eigenvalue weighted by molar-refractivity contribution is 0.0948. The first-order valence-electron chi connectivity index (χ1n) is 10.2. The second-order valence-electron chi connectivity index (χ2n) is 7.58. The molecule has 0 aliphatic heterocycles. The van der Waals surface area contributed by atoms with Crippen molar-refractivity contribution in [2.75, 3.05) is 14.2 Å². The average Bonchev–Trinajstić information content (AvgIpc) is 3.24. The molecule has 2 heterocycles. The van der Waals surface area contributed by atoms with Gasteiger partial charge in [0.1, 0.15) is 11.3 Å². The van der Waals surface area contributed by atoms with E-state index >= 15 is 0 Å². The van der Waals surface area contributed by atoms with Gasteiger partial charge in [-0.15, -0.1) is 0 Å². The summed E-state index contributed by atoms with van der Waals surface area (Å²) in [6.45, 7) is 2.04. The third-order valence-electron chi connectivity index (χ3n) is 5.67. The van der Waals surface area contributed by atoms with Gasteiger partial charge in [-0.1, -0.05) is 6.07 Å². The summed E-state index contributed by atoms with van der Waals surface area (Å²) < 4.78 is 12.0. The van der Waals surface area contributed by atoms with Crippen LogP contribution in [0.3, 0.4) is 0 Å². The predicted octanol–water partition coefficient (Wildman–Crippen LogP) is 2.98. The number of methoxy groups -OCH3 is 2. The lowest BCUT2D eigenvalue weighted by Crippen LogP contribution is -2.33. The number of aryl methyl sites for hydroxylation is 3. The molecule has 1 N–H and O–H groups in total. The molecule has 0 saturated carbocycles. The fourth-order valence-corrected chi connectivity index (χ4v) is 3.99. The molecule has 0 atom stereocenters. The Kier molecular flexibility index (Phi) is 5.75. The second kappa shape index (κ2) is 8.63. The zero-order chi connectivity index (χ0) is 22.0. The van der Waals surface area contributed by atoms with Gasteiger partial charge in [0.05, 0.1) is 26.1 Å². The van der Waals surface area contributed by atoms with Crippen molar-refractivity contribution in [3.05, 3.63) is 80.9 Å². The smallest absolute Gasteiger partial charge is 0.268 e. The van der Waals surface area contributed by atoms with Crippen LogP contribution in [0.25, 0.3) is 5.69 Å². The molecule has 1 aliphatic rings. The van der Waals surface area contributed by atoms with Crippen molar-refractivity contribution in [1.29, 1.82) is 0 Å². The van der Waals surface area contributed by atoms with E-state index < -0.39 is 11.5 Å². The maximum absolute atomic E-state index is 13.1. The van der Waals surface area contributed by atoms with Gasteiger partial charge in [0.2, 0.25) is 5.88 Å². The van der Waals surface area contributed by atoms with Crippen LogP contribution in [0.1, 0.15) is 39.0 Å². The summed E-state index contributed by atoms with van der Waals surface area (Å²) >= 11 is 0. The van der Waals surface area contributed by atoms with E-state index in [2.05, 4.69) is 22.4 Å². The Morgan fingerprint density at radius 1 is 1.13 bits per heavy atom. The Balaban J connectivity index is 1.60. The van der Waals surface area contributed by atoms with E-state index in [1.54, 1.807) is 38.4 Å². The van der Waals surface area contributed by atoms with Crippen molar-refractivity contribution in [1.82, 2.24) is 14.9 Å². The van der Waals surface area contributed by atoms with Crippen LogP contribution >= 0.6 is 0 Å². The fraction of sp³-hybridized carbons (Fsp3) is 0.292. The van der Waals surface area contributed by atoms with E-state index in [-0.39, 0.29) is 12.1 Å². The summed E-state index contributed by atoms with van der Waals surface area (Å²) in [6, 6.07) is 9.29. The number of carbonyl (C=O) groups is 1. The summed E-state index contributed by atoms with van der Waals surface area (Å²) in [5, 5.41) is 2.89. The topological polar surface area (TPSA) is 82.5 Å². The largest absolute Gasteiger partial charge is 0.496 e. The average molecular weight is 419 g/mol. The van der Waals surface area contributed by atoms with Crippen molar-refractivity contribution in [2.45, 2.75) is 32.7 Å². The maximum Gasteiger partial charge on any atom is 0.268 e. The molecule has 0 saturated heterocycles. The number of nitrogens with zero attached hydrogens (tertiary/aromatic N) is 2. The number of hydrogen-bond donors (Lipinski definition) is 1. The SMILES string of the molecule is COc1ccc(-n2ccc(C)c(C(=O)NCc3cc4c(cc3OC)CCC4)c2=O)cn1. The van der Waals surface area contributed by atoms with Crippen molar-refractivity contribution < 1.29 is 14.3 Å². The van der Waals surface area contributed by atoms with E-state index in [4.69, 9.17) is 9.47 Å². The first-order valence-corrected chi connectivity index (χ1v) is 10.2. The van der Waals surface area contributed by atoms with Gasteiger partial charge in [-0.2, -0.15) is 0 Å². The summed E-state index contributed by atoms with van der Waals surface area (Å²) in [5.41, 5.74) is 4.40. The van der Waals surface area contributed by atoms with Crippen molar-refractivity contribution >= 4 is 5.91 Å². The number of aromatic nitrogens is 2. The number of hydrogen-bond acceptors (Lipinski definition) is 5. The highest BCUT2D eigenvalue weighted by Gasteiger charge is 2.19. The molecule has 1 aliphatic carbocycles. The van der Waals surface area contributed by atoms with E-state index in [0.29, 0.717) is 17.1 Å². The van der Waals surface area contributed by atoms with Gasteiger partial charge in [-0.25, -0.2) is 4.98 Å². The number of amides is 1. The maximum atomic E-state index is 13.1. The zero-order valence-electron chi connectivity index (χ0n) is 17.9. The molecule has 0 bridgehead atoms. The molecule has 4 rings (SSSR count). The number of rotatable bonds is 6. The van der Waals surface area contributed by atoms with Crippen LogP contribution in [0.4, 0.5) is 0 Å². The highest BCUT2D eigenvalue weighted by Crippen LogP contribution is 2.29. The Labute approximate surface area is 180 Å². The van der Waals surface area contributed by atoms with Gasteiger partial charge in [0.15, 0.2) is 0 Å². The summed E-state index contributed by atoms with van der Waals surface area (Å²) in [4.78, 5) is 30.2. The fourth-order valence-electron chi connectivity index (χ4n) is 3.99. The molecule has 0 radical (unpaired) electrons. The second-order valence-corrected chi connectivity index (χ2v) is 7.58. The minimum atomic E-state index is -0.416. The molecule has 7 nitrogen and oxygen atoms in total. The molecule has 1 aromatic carbocycles. The molecule has 31 heavy (non-hydrogen) atoms. The standard InChI is InChI=1S/C24H25N3O4/c1-15-9-10-27(19-7-8-21(31-3)25-14-19)24(29)22(15)23(28)26-13-18-11-16-5-4-6-17(16)12-20(18)30-2/h7-12,14H,4-6,13H2,1-3H3,(H,26,28). The molecular weight excluding hydrogens is 394 g/mol. The van der Waals surface area contributed by atoms with Crippen molar-refractivity contribution in [3.63, 3.8) is 0 Å². The molecule has 7 heteroatoms. The Morgan fingerprint density at radius 2 is 1.90 bits per heavy atom. The third kappa shape index (κ3) is 4.03. The highest BCUT2D eigenvalue weighted by molar-refractivity contribution is 5.95. The molecule has 0 fully saturated rings. The number of ether oxygens (including phenoxy) is 2. The van der Waals surface area contributed by atoms with Gasteiger partial charge in [0, 0.05) is 24.4 Å². The Bertz CT molecular complexity index is 1180. The molecule has 3 aromatic rings. The molecule has 0 spiro atoms. The number of carbonyl (C=O) groups excluding carboxylic acids is 1. The van der Waals surface area contributed by atoms with Crippen molar-refractivity contribution in [2.24, 2.45) is 0 Å². The number of nitrogens with one attached hydrogen (secondary N) is 1. The Hall–Kier alpha value is -3.61. The minimum Gasteiger partial charge on any atom is -0.496 e. The lowest BCUT2D eigenvalue weighted by Gasteiger charge is -2.14. The highest BCUT2D eigenvalue weighted by atomic mass is 16.5. The van der Waals surface area contributed by atoms with Gasteiger partial charge in [0.25, 0.3) is 11.5 Å². The molecule has 0 unspecified atom stereocenters. The summed E-state index contributed by atoms with van der Waals surface area (Å²) in [5.74, 6) is 0.790. The molecule has 160 valence electrons.